The summed E-state index contributed by atoms with van der Waals surface area (Å²) in [6, 6.07) is 16.8. The number of carbonyl (C=O) groups is 1. The molecular formula is C26H29ClN2O3S. The summed E-state index contributed by atoms with van der Waals surface area (Å²) in [5, 5.41) is 3.44. The number of anilines is 1. The molecule has 33 heavy (non-hydrogen) atoms. The number of hydrogen-bond acceptors (Lipinski definition) is 3. The van der Waals surface area contributed by atoms with Gasteiger partial charge in [0.15, 0.2) is 0 Å². The Morgan fingerprint density at radius 3 is 2.09 bits per heavy atom. The Labute approximate surface area is 201 Å². The van der Waals surface area contributed by atoms with E-state index in [1.54, 1.807) is 48.5 Å². The van der Waals surface area contributed by atoms with Gasteiger partial charge in [0.25, 0.3) is 10.0 Å². The van der Waals surface area contributed by atoms with Crippen molar-refractivity contribution in [1.82, 2.24) is 5.32 Å². The monoisotopic (exact) mass is 484 g/mol. The van der Waals surface area contributed by atoms with Crippen LogP contribution in [0.4, 0.5) is 5.69 Å². The van der Waals surface area contributed by atoms with E-state index in [2.05, 4.69) is 24.4 Å². The Balaban J connectivity index is 1.90. The molecule has 0 aliphatic heterocycles. The lowest BCUT2D eigenvalue weighted by Crippen LogP contribution is -2.41. The van der Waals surface area contributed by atoms with Gasteiger partial charge in [-0.1, -0.05) is 41.4 Å². The Hall–Kier alpha value is -2.83. The SMILES string of the molecule is Cc1ccc(S(=O)(=O)N(CC(=O)NC(C)c2cc(C)c(C)cc2C)c2ccc(Cl)cc2)cc1. The van der Waals surface area contributed by atoms with Crippen molar-refractivity contribution in [3.63, 3.8) is 0 Å². The fourth-order valence-corrected chi connectivity index (χ4v) is 5.25. The van der Waals surface area contributed by atoms with E-state index in [0.29, 0.717) is 10.7 Å². The normalized spacial score (nSPS) is 12.3. The Bertz CT molecular complexity index is 1250. The minimum atomic E-state index is -3.97. The first kappa shape index (κ1) is 24.8. The van der Waals surface area contributed by atoms with Crippen molar-refractivity contribution in [2.75, 3.05) is 10.8 Å². The highest BCUT2D eigenvalue weighted by Crippen LogP contribution is 2.26. The zero-order valence-corrected chi connectivity index (χ0v) is 21.1. The third-order valence-electron chi connectivity index (χ3n) is 5.74. The van der Waals surface area contributed by atoms with Gasteiger partial charge < -0.3 is 5.32 Å². The van der Waals surface area contributed by atoms with E-state index in [1.807, 2.05) is 27.7 Å². The molecule has 0 aromatic heterocycles. The maximum absolute atomic E-state index is 13.5. The van der Waals surface area contributed by atoms with Crippen LogP contribution in [0.1, 0.15) is 40.8 Å². The van der Waals surface area contributed by atoms with Crippen molar-refractivity contribution in [1.29, 1.82) is 0 Å². The van der Waals surface area contributed by atoms with Crippen molar-refractivity contribution in [2.24, 2.45) is 0 Å². The number of carbonyl (C=O) groups excluding carboxylic acids is 1. The fraction of sp³-hybridized carbons (Fsp3) is 0.269. The van der Waals surface area contributed by atoms with E-state index in [-0.39, 0.29) is 17.5 Å². The van der Waals surface area contributed by atoms with E-state index in [4.69, 9.17) is 11.6 Å². The van der Waals surface area contributed by atoms with Crippen molar-refractivity contribution < 1.29 is 13.2 Å². The molecule has 1 atom stereocenters. The molecule has 0 radical (unpaired) electrons. The van der Waals surface area contributed by atoms with E-state index >= 15 is 0 Å². The molecule has 0 aliphatic carbocycles. The molecule has 174 valence electrons. The Kier molecular flexibility index (Phi) is 7.50. The van der Waals surface area contributed by atoms with Crippen LogP contribution in [-0.2, 0) is 14.8 Å². The van der Waals surface area contributed by atoms with Gasteiger partial charge in [0.1, 0.15) is 6.54 Å². The smallest absolute Gasteiger partial charge is 0.264 e. The molecule has 0 heterocycles. The van der Waals surface area contributed by atoms with Crippen LogP contribution >= 0.6 is 11.6 Å². The van der Waals surface area contributed by atoms with Gasteiger partial charge in [-0.05, 0) is 93.3 Å². The highest BCUT2D eigenvalue weighted by Gasteiger charge is 2.28. The van der Waals surface area contributed by atoms with Crippen LogP contribution in [0.5, 0.6) is 0 Å². The number of halogens is 1. The summed E-state index contributed by atoms with van der Waals surface area (Å²) >= 11 is 6.00. The summed E-state index contributed by atoms with van der Waals surface area (Å²) in [4.78, 5) is 13.1. The molecule has 0 saturated carbocycles. The van der Waals surface area contributed by atoms with E-state index in [9.17, 15) is 13.2 Å². The number of amides is 1. The largest absolute Gasteiger partial charge is 0.348 e. The molecule has 0 fully saturated rings. The highest BCUT2D eigenvalue weighted by atomic mass is 35.5. The second-order valence-electron chi connectivity index (χ2n) is 8.38. The first-order valence-corrected chi connectivity index (χ1v) is 12.5. The molecule has 3 rings (SSSR count). The van der Waals surface area contributed by atoms with Crippen LogP contribution < -0.4 is 9.62 Å². The van der Waals surface area contributed by atoms with Gasteiger partial charge >= 0.3 is 0 Å². The van der Waals surface area contributed by atoms with Crippen LogP contribution in [0, 0.1) is 27.7 Å². The highest BCUT2D eigenvalue weighted by molar-refractivity contribution is 7.92. The first-order valence-electron chi connectivity index (χ1n) is 10.7. The van der Waals surface area contributed by atoms with Crippen LogP contribution in [0.2, 0.25) is 5.02 Å². The van der Waals surface area contributed by atoms with Crippen molar-refractivity contribution in [3.05, 3.63) is 93.5 Å². The van der Waals surface area contributed by atoms with Gasteiger partial charge in [-0.3, -0.25) is 9.10 Å². The zero-order valence-electron chi connectivity index (χ0n) is 19.5. The van der Waals surface area contributed by atoms with E-state index < -0.39 is 15.9 Å². The third-order valence-corrected chi connectivity index (χ3v) is 7.78. The summed E-state index contributed by atoms with van der Waals surface area (Å²) < 4.78 is 28.1. The first-order chi connectivity index (χ1) is 15.5. The minimum absolute atomic E-state index is 0.119. The van der Waals surface area contributed by atoms with Gasteiger partial charge in [-0.15, -0.1) is 0 Å². The molecule has 5 nitrogen and oxygen atoms in total. The molecule has 0 bridgehead atoms. The molecule has 1 unspecified atom stereocenters. The lowest BCUT2D eigenvalue weighted by atomic mass is 9.96. The summed E-state index contributed by atoms with van der Waals surface area (Å²) in [5.41, 5.74) is 5.72. The predicted octanol–water partition coefficient (Wildman–Crippen LogP) is 5.65. The maximum atomic E-state index is 13.5. The van der Waals surface area contributed by atoms with Gasteiger partial charge in [0.05, 0.1) is 16.6 Å². The molecular weight excluding hydrogens is 456 g/mol. The average Bonchev–Trinajstić information content (AvgIpc) is 2.75. The number of nitrogens with zero attached hydrogens (tertiary/aromatic N) is 1. The topological polar surface area (TPSA) is 66.5 Å². The van der Waals surface area contributed by atoms with Crippen LogP contribution in [0.3, 0.4) is 0 Å². The number of benzene rings is 3. The number of sulfonamides is 1. The Morgan fingerprint density at radius 2 is 1.48 bits per heavy atom. The molecule has 3 aromatic carbocycles. The molecule has 0 spiro atoms. The molecule has 0 aliphatic rings. The predicted molar refractivity (Wildman–Crippen MR) is 134 cm³/mol. The summed E-state index contributed by atoms with van der Waals surface area (Å²) in [7, 11) is -3.97. The molecule has 1 amide bonds. The summed E-state index contributed by atoms with van der Waals surface area (Å²) in [6.07, 6.45) is 0. The van der Waals surface area contributed by atoms with Gasteiger partial charge in [0, 0.05) is 5.02 Å². The lowest BCUT2D eigenvalue weighted by molar-refractivity contribution is -0.120. The van der Waals surface area contributed by atoms with Crippen molar-refractivity contribution in [2.45, 2.75) is 45.6 Å². The number of hydrogen-bond donors (Lipinski definition) is 1. The Morgan fingerprint density at radius 1 is 0.909 bits per heavy atom. The molecule has 0 saturated heterocycles. The molecule has 3 aromatic rings. The van der Waals surface area contributed by atoms with Gasteiger partial charge in [-0.25, -0.2) is 8.42 Å². The van der Waals surface area contributed by atoms with E-state index in [1.165, 1.54) is 5.56 Å². The van der Waals surface area contributed by atoms with E-state index in [0.717, 1.165) is 26.6 Å². The molecule has 1 N–H and O–H groups in total. The lowest BCUT2D eigenvalue weighted by Gasteiger charge is -2.25. The van der Waals surface area contributed by atoms with Gasteiger partial charge in [0.2, 0.25) is 5.91 Å². The second-order valence-corrected chi connectivity index (χ2v) is 10.7. The summed E-state index contributed by atoms with van der Waals surface area (Å²) in [5.74, 6) is -0.397. The number of aryl methyl sites for hydroxylation is 4. The standard InChI is InChI=1S/C26H29ClN2O3S/c1-17-6-12-24(13-7-17)33(31,32)29(23-10-8-22(27)9-11-23)16-26(30)28-21(5)25-15-19(3)18(2)14-20(25)4/h6-15,21H,16H2,1-5H3,(H,28,30). The minimum Gasteiger partial charge on any atom is -0.348 e. The zero-order chi connectivity index (χ0) is 24.3. The fourth-order valence-electron chi connectivity index (χ4n) is 3.70. The van der Waals surface area contributed by atoms with Crippen LogP contribution in [-0.4, -0.2) is 20.9 Å². The van der Waals surface area contributed by atoms with Gasteiger partial charge in [-0.2, -0.15) is 0 Å². The van der Waals surface area contributed by atoms with Crippen LogP contribution in [0.25, 0.3) is 0 Å². The second kappa shape index (κ2) is 9.98. The number of rotatable bonds is 7. The summed E-state index contributed by atoms with van der Waals surface area (Å²) in [6.45, 7) is 9.52. The van der Waals surface area contributed by atoms with Crippen LogP contribution in [0.15, 0.2) is 65.6 Å². The quantitative estimate of drug-likeness (QED) is 0.471. The average molecular weight is 485 g/mol. The number of nitrogens with one attached hydrogen (secondary N) is 1. The van der Waals surface area contributed by atoms with Crippen molar-refractivity contribution in [3.8, 4) is 0 Å². The van der Waals surface area contributed by atoms with Crippen molar-refractivity contribution >= 4 is 33.2 Å². The molecule has 7 heteroatoms. The third kappa shape index (κ3) is 5.75. The maximum Gasteiger partial charge on any atom is 0.264 e.